The zero-order valence-electron chi connectivity index (χ0n) is 12.7. The van der Waals surface area contributed by atoms with E-state index in [9.17, 15) is 27.9 Å². The lowest BCUT2D eigenvalue weighted by atomic mass is 10.2. The normalized spacial score (nSPS) is 15.3. The number of amides is 1. The van der Waals surface area contributed by atoms with E-state index in [1.807, 2.05) is 0 Å². The quantitative estimate of drug-likeness (QED) is 0.765. The molecule has 0 atom stereocenters. The molecule has 0 spiro atoms. The summed E-state index contributed by atoms with van der Waals surface area (Å²) in [5, 5.41) is 11.0. The number of imidazole rings is 1. The Hall–Kier alpha value is -2.26. The van der Waals surface area contributed by atoms with Crippen molar-refractivity contribution in [2.24, 2.45) is 0 Å². The number of aromatic carboxylic acids is 1. The zero-order chi connectivity index (χ0) is 17.6. The largest absolute Gasteiger partial charge is 0.543 e. The third kappa shape index (κ3) is 3.57. The van der Waals surface area contributed by atoms with E-state index >= 15 is 0 Å². The van der Waals surface area contributed by atoms with Crippen molar-refractivity contribution < 1.29 is 32.6 Å². The van der Waals surface area contributed by atoms with Gasteiger partial charge in [0.25, 0.3) is 0 Å². The van der Waals surface area contributed by atoms with Gasteiger partial charge in [0, 0.05) is 13.1 Å². The molecule has 0 fully saturated rings. The van der Waals surface area contributed by atoms with Crippen molar-refractivity contribution in [1.82, 2.24) is 14.5 Å². The van der Waals surface area contributed by atoms with Crippen molar-refractivity contribution >= 4 is 12.1 Å². The van der Waals surface area contributed by atoms with E-state index in [0.717, 1.165) is 9.47 Å². The average molecular weight is 334 g/mol. The number of aromatic nitrogens is 2. The Morgan fingerprint density at radius 2 is 1.83 bits per heavy atom. The molecule has 0 bridgehead atoms. The molecule has 128 valence electrons. The first-order chi connectivity index (χ1) is 10.4. The number of rotatable bonds is 1. The average Bonchev–Trinajstić information content (AvgIpc) is 2.74. The Morgan fingerprint density at radius 1 is 1.22 bits per heavy atom. The number of ether oxygens (including phenoxy) is 1. The van der Waals surface area contributed by atoms with E-state index in [4.69, 9.17) is 4.74 Å². The number of carboxylic acids is 1. The lowest BCUT2D eigenvalue weighted by Gasteiger charge is -2.31. The zero-order valence-corrected chi connectivity index (χ0v) is 12.7. The van der Waals surface area contributed by atoms with Gasteiger partial charge in [0.2, 0.25) is 5.82 Å². The van der Waals surface area contributed by atoms with Gasteiger partial charge in [-0.05, 0) is 20.8 Å². The fourth-order valence-electron chi connectivity index (χ4n) is 2.23. The van der Waals surface area contributed by atoms with Gasteiger partial charge in [0.15, 0.2) is 0 Å². The molecule has 1 aromatic rings. The Kier molecular flexibility index (Phi) is 4.03. The van der Waals surface area contributed by atoms with Gasteiger partial charge in [-0.15, -0.1) is 0 Å². The second-order valence-electron chi connectivity index (χ2n) is 6.07. The molecule has 0 saturated heterocycles. The van der Waals surface area contributed by atoms with E-state index in [0.29, 0.717) is 0 Å². The molecular weight excluding hydrogens is 319 g/mol. The Bertz CT molecular complexity index is 646. The molecule has 0 aliphatic carbocycles. The van der Waals surface area contributed by atoms with Crippen molar-refractivity contribution in [1.29, 1.82) is 0 Å². The lowest BCUT2D eigenvalue weighted by molar-refractivity contribution is -0.255. The van der Waals surface area contributed by atoms with Crippen LogP contribution in [-0.2, 0) is 24.0 Å². The highest BCUT2D eigenvalue weighted by molar-refractivity contribution is 5.85. The SMILES string of the molecule is CC(C)(C)OC(=O)N1CCn2c(C(F)(F)F)nc(C(=O)[O-])c2C1. The van der Waals surface area contributed by atoms with Crippen LogP contribution in [0.1, 0.15) is 42.8 Å². The minimum absolute atomic E-state index is 0.0478. The molecule has 0 unspecified atom stereocenters. The maximum atomic E-state index is 12.9. The molecule has 2 rings (SSSR count). The highest BCUT2D eigenvalue weighted by Crippen LogP contribution is 2.32. The maximum Gasteiger partial charge on any atom is 0.449 e. The summed E-state index contributed by atoms with van der Waals surface area (Å²) in [7, 11) is 0. The minimum atomic E-state index is -4.80. The number of fused-ring (bicyclic) bond motifs is 1. The van der Waals surface area contributed by atoms with E-state index in [-0.39, 0.29) is 25.3 Å². The summed E-state index contributed by atoms with van der Waals surface area (Å²) in [6, 6.07) is 0. The van der Waals surface area contributed by atoms with Crippen LogP contribution in [0.4, 0.5) is 18.0 Å². The third-order valence-corrected chi connectivity index (χ3v) is 3.11. The fourth-order valence-corrected chi connectivity index (χ4v) is 2.23. The van der Waals surface area contributed by atoms with Gasteiger partial charge in [-0.1, -0.05) is 0 Å². The molecule has 0 radical (unpaired) electrons. The number of hydrogen-bond donors (Lipinski definition) is 0. The molecular formula is C13H15F3N3O4-. The molecule has 0 aromatic carbocycles. The molecule has 23 heavy (non-hydrogen) atoms. The van der Waals surface area contributed by atoms with Gasteiger partial charge in [-0.2, -0.15) is 13.2 Å². The first-order valence-electron chi connectivity index (χ1n) is 6.76. The Labute approximate surface area is 129 Å². The first-order valence-corrected chi connectivity index (χ1v) is 6.76. The number of alkyl halides is 3. The number of carbonyl (C=O) groups excluding carboxylic acids is 2. The predicted octanol–water partition coefficient (Wildman–Crippen LogP) is 1.02. The topological polar surface area (TPSA) is 87.5 Å². The Morgan fingerprint density at radius 3 is 2.30 bits per heavy atom. The van der Waals surface area contributed by atoms with Gasteiger partial charge >= 0.3 is 12.3 Å². The highest BCUT2D eigenvalue weighted by atomic mass is 19.4. The molecule has 1 aromatic heterocycles. The minimum Gasteiger partial charge on any atom is -0.543 e. The van der Waals surface area contributed by atoms with Crippen LogP contribution >= 0.6 is 0 Å². The van der Waals surface area contributed by atoms with Gasteiger partial charge in [-0.25, -0.2) is 9.78 Å². The van der Waals surface area contributed by atoms with Gasteiger partial charge in [0.05, 0.1) is 18.2 Å². The second-order valence-corrected chi connectivity index (χ2v) is 6.07. The molecule has 0 N–H and O–H groups in total. The van der Waals surface area contributed by atoms with E-state index in [1.165, 1.54) is 0 Å². The summed E-state index contributed by atoms with van der Waals surface area (Å²) in [5.74, 6) is -3.13. The van der Waals surface area contributed by atoms with Crippen molar-refractivity contribution in [3.63, 3.8) is 0 Å². The van der Waals surface area contributed by atoms with Gasteiger partial charge < -0.3 is 24.1 Å². The Balaban J connectivity index is 2.35. The predicted molar refractivity (Wildman–Crippen MR) is 68.2 cm³/mol. The molecule has 1 aliphatic heterocycles. The standard InChI is InChI=1S/C13H16F3N3O4/c1-12(2,3)23-11(22)18-4-5-19-7(6-18)8(9(20)21)17-10(19)13(14,15)16/h4-6H2,1-3H3,(H,20,21)/p-1. The summed E-state index contributed by atoms with van der Waals surface area (Å²) in [6.45, 7) is 4.31. The molecule has 1 aliphatic rings. The van der Waals surface area contributed by atoms with Crippen LogP contribution in [0, 0.1) is 0 Å². The monoisotopic (exact) mass is 334 g/mol. The molecule has 1 amide bonds. The first kappa shape index (κ1) is 17.1. The third-order valence-electron chi connectivity index (χ3n) is 3.11. The van der Waals surface area contributed by atoms with Gasteiger partial charge in [-0.3, -0.25) is 0 Å². The van der Waals surface area contributed by atoms with Crippen LogP contribution in [0.5, 0.6) is 0 Å². The van der Waals surface area contributed by atoms with Crippen LogP contribution in [0.25, 0.3) is 0 Å². The van der Waals surface area contributed by atoms with Crippen molar-refractivity contribution in [2.75, 3.05) is 6.54 Å². The van der Waals surface area contributed by atoms with E-state index in [2.05, 4.69) is 4.98 Å². The van der Waals surface area contributed by atoms with Gasteiger partial charge in [0.1, 0.15) is 11.3 Å². The van der Waals surface area contributed by atoms with Crippen LogP contribution in [0.2, 0.25) is 0 Å². The summed E-state index contributed by atoms with van der Waals surface area (Å²) < 4.78 is 44.7. The number of carboxylic acid groups (broad SMARTS) is 1. The molecule has 2 heterocycles. The number of halogens is 3. The van der Waals surface area contributed by atoms with Crippen LogP contribution < -0.4 is 5.11 Å². The molecule has 0 saturated carbocycles. The summed E-state index contributed by atoms with van der Waals surface area (Å²) in [6.07, 6.45) is -5.53. The van der Waals surface area contributed by atoms with Crippen LogP contribution in [0.3, 0.4) is 0 Å². The maximum absolute atomic E-state index is 12.9. The van der Waals surface area contributed by atoms with E-state index in [1.54, 1.807) is 20.8 Å². The second kappa shape index (κ2) is 5.43. The van der Waals surface area contributed by atoms with Crippen LogP contribution in [0.15, 0.2) is 0 Å². The summed E-state index contributed by atoms with van der Waals surface area (Å²) in [5.41, 5.74) is -1.82. The summed E-state index contributed by atoms with van der Waals surface area (Å²) in [4.78, 5) is 27.3. The highest BCUT2D eigenvalue weighted by Gasteiger charge is 2.41. The van der Waals surface area contributed by atoms with Crippen LogP contribution in [-0.4, -0.2) is 38.7 Å². The summed E-state index contributed by atoms with van der Waals surface area (Å²) >= 11 is 0. The van der Waals surface area contributed by atoms with Crippen molar-refractivity contribution in [3.8, 4) is 0 Å². The van der Waals surface area contributed by atoms with Crippen molar-refractivity contribution in [3.05, 3.63) is 17.2 Å². The lowest BCUT2D eigenvalue weighted by Crippen LogP contribution is -2.42. The molecule has 7 nitrogen and oxygen atoms in total. The number of nitrogens with zero attached hydrogens (tertiary/aromatic N) is 3. The smallest absolute Gasteiger partial charge is 0.449 e. The van der Waals surface area contributed by atoms with E-state index < -0.39 is 35.4 Å². The van der Waals surface area contributed by atoms with Crippen molar-refractivity contribution in [2.45, 2.75) is 45.6 Å². The number of carbonyl (C=O) groups is 2. The number of hydrogen-bond acceptors (Lipinski definition) is 5. The fraction of sp³-hybridized carbons (Fsp3) is 0.615. The molecule has 10 heteroatoms.